The zero-order valence-corrected chi connectivity index (χ0v) is 18.7. The molecule has 31 heavy (non-hydrogen) atoms. The van der Waals surface area contributed by atoms with Gasteiger partial charge in [0.1, 0.15) is 0 Å². The van der Waals surface area contributed by atoms with Gasteiger partial charge in [0.25, 0.3) is 15.9 Å². The molecule has 0 bridgehead atoms. The molecular formula is C23H29N3O4S. The van der Waals surface area contributed by atoms with Crippen molar-refractivity contribution in [3.8, 4) is 0 Å². The third kappa shape index (κ3) is 5.64. The average molecular weight is 444 g/mol. The summed E-state index contributed by atoms with van der Waals surface area (Å²) >= 11 is 0. The predicted molar refractivity (Wildman–Crippen MR) is 120 cm³/mol. The van der Waals surface area contributed by atoms with Gasteiger partial charge in [0.2, 0.25) is 5.91 Å². The van der Waals surface area contributed by atoms with Crippen molar-refractivity contribution in [2.75, 3.05) is 24.4 Å². The van der Waals surface area contributed by atoms with Crippen LogP contribution in [0.3, 0.4) is 0 Å². The second-order valence-electron chi connectivity index (χ2n) is 7.83. The highest BCUT2D eigenvalue weighted by molar-refractivity contribution is 7.92. The van der Waals surface area contributed by atoms with Crippen LogP contribution in [0.4, 0.5) is 5.69 Å². The van der Waals surface area contributed by atoms with Gasteiger partial charge in [-0.15, -0.1) is 0 Å². The molecule has 1 heterocycles. The first-order chi connectivity index (χ1) is 14.8. The summed E-state index contributed by atoms with van der Waals surface area (Å²) in [6, 6.07) is 13.2. The number of anilines is 1. The van der Waals surface area contributed by atoms with Crippen molar-refractivity contribution in [3.63, 3.8) is 0 Å². The number of piperidine rings is 1. The van der Waals surface area contributed by atoms with Crippen molar-refractivity contribution < 1.29 is 18.0 Å². The monoisotopic (exact) mass is 443 g/mol. The van der Waals surface area contributed by atoms with Crippen LogP contribution in [0, 0.1) is 12.8 Å². The fourth-order valence-electron chi connectivity index (χ4n) is 3.73. The van der Waals surface area contributed by atoms with Gasteiger partial charge in [-0.25, -0.2) is 8.42 Å². The molecule has 8 heteroatoms. The number of carbonyl (C=O) groups is 2. The third-order valence-electron chi connectivity index (χ3n) is 5.37. The topological polar surface area (TPSA) is 95.6 Å². The SMILES string of the molecule is CCCNC(=O)C1CCCN(C(=O)c2cccc(NS(=O)(=O)c3ccccc3C)c2)C1. The Hall–Kier alpha value is -2.87. The summed E-state index contributed by atoms with van der Waals surface area (Å²) in [4.78, 5) is 27.2. The van der Waals surface area contributed by atoms with Gasteiger partial charge >= 0.3 is 0 Å². The van der Waals surface area contributed by atoms with Crippen molar-refractivity contribution in [3.05, 3.63) is 59.7 Å². The number of nitrogens with one attached hydrogen (secondary N) is 2. The van der Waals surface area contributed by atoms with Crippen LogP contribution in [0.5, 0.6) is 0 Å². The van der Waals surface area contributed by atoms with Crippen LogP contribution in [0.25, 0.3) is 0 Å². The van der Waals surface area contributed by atoms with Gasteiger partial charge in [-0.1, -0.05) is 31.2 Å². The minimum Gasteiger partial charge on any atom is -0.356 e. The molecule has 3 rings (SSSR count). The van der Waals surface area contributed by atoms with Crippen LogP contribution in [0.15, 0.2) is 53.4 Å². The lowest BCUT2D eigenvalue weighted by atomic mass is 9.96. The van der Waals surface area contributed by atoms with Crippen LogP contribution >= 0.6 is 0 Å². The lowest BCUT2D eigenvalue weighted by molar-refractivity contribution is -0.126. The second kappa shape index (κ2) is 9.96. The molecule has 0 saturated carbocycles. The Morgan fingerprint density at radius 1 is 1.13 bits per heavy atom. The van der Waals surface area contributed by atoms with Crippen molar-refractivity contribution in [2.24, 2.45) is 5.92 Å². The first kappa shape index (κ1) is 22.8. The van der Waals surface area contributed by atoms with Gasteiger partial charge in [-0.3, -0.25) is 14.3 Å². The van der Waals surface area contributed by atoms with Crippen molar-refractivity contribution in [1.82, 2.24) is 10.2 Å². The Morgan fingerprint density at radius 2 is 1.90 bits per heavy atom. The molecule has 0 aromatic heterocycles. The normalized spacial score (nSPS) is 16.6. The summed E-state index contributed by atoms with van der Waals surface area (Å²) in [5, 5.41) is 2.90. The molecule has 1 fully saturated rings. The van der Waals surface area contributed by atoms with Crippen LogP contribution in [-0.4, -0.2) is 44.8 Å². The van der Waals surface area contributed by atoms with E-state index in [-0.39, 0.29) is 22.6 Å². The maximum Gasteiger partial charge on any atom is 0.262 e. The zero-order chi connectivity index (χ0) is 22.4. The van der Waals surface area contributed by atoms with E-state index >= 15 is 0 Å². The Balaban J connectivity index is 1.73. The third-order valence-corrected chi connectivity index (χ3v) is 6.91. The summed E-state index contributed by atoms with van der Waals surface area (Å²) in [6.07, 6.45) is 2.39. The Kier molecular flexibility index (Phi) is 7.33. The fourth-order valence-corrected chi connectivity index (χ4v) is 5.03. The van der Waals surface area contributed by atoms with Crippen molar-refractivity contribution in [1.29, 1.82) is 0 Å². The van der Waals surface area contributed by atoms with Crippen LogP contribution in [-0.2, 0) is 14.8 Å². The molecule has 2 aromatic rings. The number of aryl methyl sites for hydroxylation is 1. The maximum atomic E-state index is 13.0. The highest BCUT2D eigenvalue weighted by Crippen LogP contribution is 2.22. The summed E-state index contributed by atoms with van der Waals surface area (Å²) in [7, 11) is -3.77. The van der Waals surface area contributed by atoms with Gasteiger partial charge in [-0.2, -0.15) is 0 Å². The molecule has 1 unspecified atom stereocenters. The Morgan fingerprint density at radius 3 is 2.65 bits per heavy atom. The first-order valence-electron chi connectivity index (χ1n) is 10.6. The van der Waals surface area contributed by atoms with E-state index in [1.165, 1.54) is 0 Å². The Labute approximate surface area is 183 Å². The smallest absolute Gasteiger partial charge is 0.262 e. The molecule has 2 amide bonds. The van der Waals surface area contributed by atoms with Gasteiger partial charge in [-0.05, 0) is 56.0 Å². The van der Waals surface area contributed by atoms with Crippen molar-refractivity contribution >= 4 is 27.5 Å². The number of sulfonamides is 1. The van der Waals surface area contributed by atoms with E-state index in [0.29, 0.717) is 36.4 Å². The number of carbonyl (C=O) groups excluding carboxylic acids is 2. The van der Waals surface area contributed by atoms with E-state index < -0.39 is 10.0 Å². The van der Waals surface area contributed by atoms with E-state index in [9.17, 15) is 18.0 Å². The molecule has 1 saturated heterocycles. The van der Waals surface area contributed by atoms with E-state index in [0.717, 1.165) is 19.3 Å². The largest absolute Gasteiger partial charge is 0.356 e. The minimum absolute atomic E-state index is 0.0147. The number of hydrogen-bond acceptors (Lipinski definition) is 4. The van der Waals surface area contributed by atoms with Crippen LogP contribution in [0.1, 0.15) is 42.1 Å². The number of nitrogens with zero attached hydrogens (tertiary/aromatic N) is 1. The fraction of sp³-hybridized carbons (Fsp3) is 0.391. The molecule has 2 aromatic carbocycles. The van der Waals surface area contributed by atoms with Crippen LogP contribution in [0.2, 0.25) is 0 Å². The highest BCUT2D eigenvalue weighted by Gasteiger charge is 2.29. The number of benzene rings is 2. The first-order valence-corrected chi connectivity index (χ1v) is 12.1. The molecule has 0 spiro atoms. The van der Waals surface area contributed by atoms with Gasteiger partial charge in [0.15, 0.2) is 0 Å². The molecule has 0 radical (unpaired) electrons. The van der Waals surface area contributed by atoms with Gasteiger partial charge in [0.05, 0.1) is 10.8 Å². The number of rotatable bonds is 7. The summed E-state index contributed by atoms with van der Waals surface area (Å²) in [5.41, 5.74) is 1.35. The van der Waals surface area contributed by atoms with E-state index in [1.807, 2.05) is 6.92 Å². The molecule has 7 nitrogen and oxygen atoms in total. The van der Waals surface area contributed by atoms with E-state index in [4.69, 9.17) is 0 Å². The summed E-state index contributed by atoms with van der Waals surface area (Å²) < 4.78 is 28.1. The molecule has 166 valence electrons. The molecule has 2 N–H and O–H groups in total. The standard InChI is InChI=1S/C23H29N3O4S/c1-3-13-24-22(27)19-10-7-14-26(16-19)23(28)18-9-6-11-20(15-18)25-31(29,30)21-12-5-4-8-17(21)2/h4-6,8-9,11-12,15,19,25H,3,7,10,13-14,16H2,1-2H3,(H,24,27). The zero-order valence-electron chi connectivity index (χ0n) is 17.9. The molecule has 1 aliphatic rings. The van der Waals surface area contributed by atoms with Crippen LogP contribution < -0.4 is 10.0 Å². The number of hydrogen-bond donors (Lipinski definition) is 2. The quantitative estimate of drug-likeness (QED) is 0.687. The van der Waals surface area contributed by atoms with Gasteiger partial charge in [0, 0.05) is 30.9 Å². The molecule has 1 aliphatic heterocycles. The number of likely N-dealkylation sites (tertiary alicyclic amines) is 1. The minimum atomic E-state index is -3.77. The second-order valence-corrected chi connectivity index (χ2v) is 9.48. The summed E-state index contributed by atoms with van der Waals surface area (Å²) in [5.74, 6) is -0.434. The van der Waals surface area contributed by atoms with E-state index in [1.54, 1.807) is 60.4 Å². The Bertz CT molecular complexity index is 1050. The summed E-state index contributed by atoms with van der Waals surface area (Å²) in [6.45, 7) is 5.31. The number of amides is 2. The van der Waals surface area contributed by atoms with E-state index in [2.05, 4.69) is 10.0 Å². The molecule has 1 atom stereocenters. The average Bonchev–Trinajstić information content (AvgIpc) is 2.77. The van der Waals surface area contributed by atoms with Crippen molar-refractivity contribution in [2.45, 2.75) is 38.0 Å². The lowest BCUT2D eigenvalue weighted by Gasteiger charge is -2.32. The molecule has 0 aliphatic carbocycles. The highest BCUT2D eigenvalue weighted by atomic mass is 32.2. The molecular weight excluding hydrogens is 414 g/mol. The lowest BCUT2D eigenvalue weighted by Crippen LogP contribution is -2.45. The van der Waals surface area contributed by atoms with Gasteiger partial charge < -0.3 is 10.2 Å². The predicted octanol–water partition coefficient (Wildman–Crippen LogP) is 3.17. The maximum absolute atomic E-state index is 13.0.